The zero-order chi connectivity index (χ0) is 10.3. The molecular weight excluding hydrogens is 172 g/mol. The maximum absolute atomic E-state index is 11.1. The van der Waals surface area contributed by atoms with E-state index in [0.29, 0.717) is 12.5 Å². The Morgan fingerprint density at radius 3 is 2.15 bits per heavy atom. The van der Waals surface area contributed by atoms with Gasteiger partial charge in [-0.05, 0) is 5.92 Å². The third-order valence-corrected chi connectivity index (χ3v) is 1.44. The number of esters is 1. The Morgan fingerprint density at radius 1 is 1.23 bits per heavy atom. The SMILES string of the molecule is COC(CC(=O)OCC(C)C)OC. The average Bonchev–Trinajstić information content (AvgIpc) is 2.10. The van der Waals surface area contributed by atoms with Crippen LogP contribution in [0.3, 0.4) is 0 Å². The third kappa shape index (κ3) is 6.54. The summed E-state index contributed by atoms with van der Waals surface area (Å²) in [5.74, 6) is 0.0647. The number of rotatable bonds is 6. The summed E-state index contributed by atoms with van der Waals surface area (Å²) in [5, 5.41) is 0. The van der Waals surface area contributed by atoms with Crippen molar-refractivity contribution >= 4 is 5.97 Å². The van der Waals surface area contributed by atoms with E-state index in [1.54, 1.807) is 0 Å². The predicted molar refractivity (Wildman–Crippen MR) is 48.2 cm³/mol. The highest BCUT2D eigenvalue weighted by molar-refractivity contribution is 5.69. The quantitative estimate of drug-likeness (QED) is 0.466. The molecule has 0 amide bonds. The normalized spacial score (nSPS) is 10.9. The van der Waals surface area contributed by atoms with Crippen LogP contribution in [-0.4, -0.2) is 33.1 Å². The van der Waals surface area contributed by atoms with Crippen molar-refractivity contribution in [3.05, 3.63) is 0 Å². The number of carbonyl (C=O) groups excluding carboxylic acids is 1. The van der Waals surface area contributed by atoms with Crippen LogP contribution in [0.15, 0.2) is 0 Å². The number of methoxy groups -OCH3 is 2. The van der Waals surface area contributed by atoms with Crippen LogP contribution in [0.2, 0.25) is 0 Å². The molecule has 0 aromatic carbocycles. The van der Waals surface area contributed by atoms with Gasteiger partial charge < -0.3 is 14.2 Å². The second-order valence-corrected chi connectivity index (χ2v) is 3.18. The molecule has 0 aliphatic heterocycles. The minimum atomic E-state index is -0.500. The highest BCUT2D eigenvalue weighted by Crippen LogP contribution is 2.01. The Morgan fingerprint density at radius 2 is 1.77 bits per heavy atom. The van der Waals surface area contributed by atoms with E-state index in [4.69, 9.17) is 14.2 Å². The van der Waals surface area contributed by atoms with Crippen molar-refractivity contribution in [3.8, 4) is 0 Å². The number of hydrogen-bond donors (Lipinski definition) is 0. The van der Waals surface area contributed by atoms with Gasteiger partial charge in [-0.2, -0.15) is 0 Å². The van der Waals surface area contributed by atoms with E-state index in [9.17, 15) is 4.79 Å². The lowest BCUT2D eigenvalue weighted by molar-refractivity contribution is -0.160. The molecule has 4 heteroatoms. The molecule has 0 spiro atoms. The second kappa shape index (κ2) is 6.86. The average molecular weight is 190 g/mol. The molecule has 0 atom stereocenters. The Hall–Kier alpha value is -0.610. The molecule has 0 aromatic rings. The van der Waals surface area contributed by atoms with Crippen molar-refractivity contribution < 1.29 is 19.0 Å². The molecule has 0 saturated heterocycles. The standard InChI is InChI=1S/C9H18O4/c1-7(2)6-13-8(10)5-9(11-3)12-4/h7,9H,5-6H2,1-4H3. The van der Waals surface area contributed by atoms with Crippen LogP contribution in [0.5, 0.6) is 0 Å². The van der Waals surface area contributed by atoms with Crippen LogP contribution in [-0.2, 0) is 19.0 Å². The summed E-state index contributed by atoms with van der Waals surface area (Å²) in [6, 6.07) is 0. The fraction of sp³-hybridized carbons (Fsp3) is 0.889. The van der Waals surface area contributed by atoms with Gasteiger partial charge in [0.15, 0.2) is 6.29 Å². The van der Waals surface area contributed by atoms with Crippen LogP contribution in [0.4, 0.5) is 0 Å². The summed E-state index contributed by atoms with van der Waals surface area (Å²) >= 11 is 0. The molecule has 0 aromatic heterocycles. The Labute approximate surface area is 79.2 Å². The predicted octanol–water partition coefficient (Wildman–Crippen LogP) is 1.19. The van der Waals surface area contributed by atoms with Gasteiger partial charge in [0, 0.05) is 14.2 Å². The van der Waals surface area contributed by atoms with Crippen LogP contribution < -0.4 is 0 Å². The van der Waals surface area contributed by atoms with Gasteiger partial charge in [-0.15, -0.1) is 0 Å². The van der Waals surface area contributed by atoms with Crippen molar-refractivity contribution in [2.45, 2.75) is 26.6 Å². The minimum absolute atomic E-state index is 0.139. The van der Waals surface area contributed by atoms with Crippen LogP contribution in [0.25, 0.3) is 0 Å². The number of carbonyl (C=O) groups is 1. The van der Waals surface area contributed by atoms with Crippen molar-refractivity contribution in [3.63, 3.8) is 0 Å². The molecule has 0 aliphatic rings. The Kier molecular flexibility index (Phi) is 6.54. The lowest BCUT2D eigenvalue weighted by atomic mass is 10.2. The zero-order valence-electron chi connectivity index (χ0n) is 8.70. The first-order chi connectivity index (χ1) is 6.10. The summed E-state index contributed by atoms with van der Waals surface area (Å²) in [7, 11) is 2.98. The second-order valence-electron chi connectivity index (χ2n) is 3.18. The Bertz CT molecular complexity index is 141. The highest BCUT2D eigenvalue weighted by Gasteiger charge is 2.13. The first kappa shape index (κ1) is 12.4. The zero-order valence-corrected chi connectivity index (χ0v) is 8.70. The van der Waals surface area contributed by atoms with Gasteiger partial charge in [-0.3, -0.25) is 4.79 Å². The molecule has 0 aliphatic carbocycles. The van der Waals surface area contributed by atoms with E-state index < -0.39 is 6.29 Å². The van der Waals surface area contributed by atoms with Crippen molar-refractivity contribution in [1.29, 1.82) is 0 Å². The van der Waals surface area contributed by atoms with Crippen molar-refractivity contribution in [2.75, 3.05) is 20.8 Å². The van der Waals surface area contributed by atoms with E-state index in [0.717, 1.165) is 0 Å². The summed E-state index contributed by atoms with van der Waals surface area (Å²) in [4.78, 5) is 11.1. The molecule has 0 radical (unpaired) electrons. The summed E-state index contributed by atoms with van der Waals surface area (Å²) in [6.45, 7) is 4.41. The Balaban J connectivity index is 3.60. The minimum Gasteiger partial charge on any atom is -0.465 e. The van der Waals surface area contributed by atoms with Gasteiger partial charge in [0.2, 0.25) is 0 Å². The largest absolute Gasteiger partial charge is 0.465 e. The molecule has 13 heavy (non-hydrogen) atoms. The first-order valence-corrected chi connectivity index (χ1v) is 4.31. The van der Waals surface area contributed by atoms with Crippen molar-refractivity contribution in [2.24, 2.45) is 5.92 Å². The van der Waals surface area contributed by atoms with Crippen molar-refractivity contribution in [1.82, 2.24) is 0 Å². The fourth-order valence-electron chi connectivity index (χ4n) is 0.718. The number of hydrogen-bond acceptors (Lipinski definition) is 4. The molecule has 0 bridgehead atoms. The van der Waals surface area contributed by atoms with Crippen LogP contribution in [0, 0.1) is 5.92 Å². The molecule has 78 valence electrons. The van der Waals surface area contributed by atoms with Gasteiger partial charge >= 0.3 is 5.97 Å². The lowest BCUT2D eigenvalue weighted by Crippen LogP contribution is -2.20. The summed E-state index contributed by atoms with van der Waals surface area (Å²) in [5.41, 5.74) is 0. The highest BCUT2D eigenvalue weighted by atomic mass is 16.7. The van der Waals surface area contributed by atoms with Crippen LogP contribution in [0.1, 0.15) is 20.3 Å². The molecule has 0 fully saturated rings. The molecule has 0 unspecified atom stereocenters. The van der Waals surface area contributed by atoms with Gasteiger partial charge in [0.05, 0.1) is 13.0 Å². The molecule has 0 rings (SSSR count). The number of ether oxygens (including phenoxy) is 3. The van der Waals surface area contributed by atoms with Crippen LogP contribution >= 0.6 is 0 Å². The molecule has 0 saturated carbocycles. The summed E-state index contributed by atoms with van der Waals surface area (Å²) in [6.07, 6.45) is -0.362. The topological polar surface area (TPSA) is 44.8 Å². The van der Waals surface area contributed by atoms with E-state index in [2.05, 4.69) is 0 Å². The maximum Gasteiger partial charge on any atom is 0.310 e. The molecular formula is C9H18O4. The van der Waals surface area contributed by atoms with E-state index in [1.807, 2.05) is 13.8 Å². The van der Waals surface area contributed by atoms with E-state index in [-0.39, 0.29) is 12.4 Å². The lowest BCUT2D eigenvalue weighted by Gasteiger charge is -2.13. The third-order valence-electron chi connectivity index (χ3n) is 1.44. The molecule has 4 nitrogen and oxygen atoms in total. The summed E-state index contributed by atoms with van der Waals surface area (Å²) < 4.78 is 14.6. The van der Waals surface area contributed by atoms with Gasteiger partial charge in [-0.1, -0.05) is 13.8 Å². The monoisotopic (exact) mass is 190 g/mol. The van der Waals surface area contributed by atoms with E-state index in [1.165, 1.54) is 14.2 Å². The molecule has 0 heterocycles. The smallest absolute Gasteiger partial charge is 0.310 e. The molecule has 0 N–H and O–H groups in total. The van der Waals surface area contributed by atoms with E-state index >= 15 is 0 Å². The fourth-order valence-corrected chi connectivity index (χ4v) is 0.718. The first-order valence-electron chi connectivity index (χ1n) is 4.31. The maximum atomic E-state index is 11.1. The van der Waals surface area contributed by atoms with Gasteiger partial charge in [-0.25, -0.2) is 0 Å². The van der Waals surface area contributed by atoms with Gasteiger partial charge in [0.1, 0.15) is 0 Å². The van der Waals surface area contributed by atoms with Gasteiger partial charge in [0.25, 0.3) is 0 Å².